The van der Waals surface area contributed by atoms with Crippen LogP contribution < -0.4 is 5.32 Å². The van der Waals surface area contributed by atoms with Crippen LogP contribution in [-0.4, -0.2) is 41.7 Å². The maximum Gasteiger partial charge on any atom is 0.317 e. The fourth-order valence-corrected chi connectivity index (χ4v) is 4.47. The van der Waals surface area contributed by atoms with Gasteiger partial charge in [0.15, 0.2) is 0 Å². The van der Waals surface area contributed by atoms with E-state index >= 15 is 0 Å². The van der Waals surface area contributed by atoms with E-state index in [-0.39, 0.29) is 17.5 Å². The number of urea groups is 1. The molecule has 2 atom stereocenters. The molecule has 2 aliphatic rings. The SMILES string of the molecule is CCOC1CC(NC(=O)N(C)Cc2nc(C)cs2)C12CCC2. The quantitative estimate of drug-likeness (QED) is 0.906. The Morgan fingerprint density at radius 2 is 2.36 bits per heavy atom. The molecule has 1 heterocycles. The third kappa shape index (κ3) is 2.74. The van der Waals surface area contributed by atoms with Gasteiger partial charge in [0.25, 0.3) is 0 Å². The number of aromatic nitrogens is 1. The Hall–Kier alpha value is -1.14. The van der Waals surface area contributed by atoms with Gasteiger partial charge in [-0.3, -0.25) is 0 Å². The van der Waals surface area contributed by atoms with Crippen LogP contribution in [-0.2, 0) is 11.3 Å². The van der Waals surface area contributed by atoms with Crippen molar-refractivity contribution in [1.29, 1.82) is 0 Å². The minimum atomic E-state index is -0.000855. The molecule has 2 unspecified atom stereocenters. The highest BCUT2D eigenvalue weighted by molar-refractivity contribution is 7.09. The molecule has 2 saturated carbocycles. The first-order valence-corrected chi connectivity index (χ1v) is 8.97. The van der Waals surface area contributed by atoms with Gasteiger partial charge in [0.1, 0.15) is 5.01 Å². The minimum absolute atomic E-state index is 0.000855. The molecule has 0 aliphatic heterocycles. The van der Waals surface area contributed by atoms with Crippen LogP contribution in [0.4, 0.5) is 4.79 Å². The lowest BCUT2D eigenvalue weighted by atomic mass is 9.51. The molecule has 1 spiro atoms. The highest BCUT2D eigenvalue weighted by Gasteiger charge is 2.59. The molecule has 6 heteroatoms. The van der Waals surface area contributed by atoms with E-state index in [1.54, 1.807) is 16.2 Å². The van der Waals surface area contributed by atoms with Gasteiger partial charge in [-0.2, -0.15) is 0 Å². The molecule has 0 bridgehead atoms. The Balaban J connectivity index is 1.53. The molecule has 1 aromatic rings. The Kier molecular flexibility index (Phi) is 4.41. The molecule has 2 fully saturated rings. The van der Waals surface area contributed by atoms with E-state index in [0.29, 0.717) is 12.6 Å². The highest BCUT2D eigenvalue weighted by atomic mass is 32.1. The van der Waals surface area contributed by atoms with Crippen molar-refractivity contribution in [2.24, 2.45) is 5.41 Å². The number of amides is 2. The summed E-state index contributed by atoms with van der Waals surface area (Å²) in [5.41, 5.74) is 1.23. The fourth-order valence-electron chi connectivity index (χ4n) is 3.65. The van der Waals surface area contributed by atoms with E-state index in [0.717, 1.165) is 23.7 Å². The van der Waals surface area contributed by atoms with Gasteiger partial charge in [-0.15, -0.1) is 11.3 Å². The second-order valence-corrected chi connectivity index (χ2v) is 7.45. The van der Waals surface area contributed by atoms with E-state index in [1.807, 2.05) is 26.3 Å². The average molecular weight is 323 g/mol. The Morgan fingerprint density at radius 3 is 2.91 bits per heavy atom. The van der Waals surface area contributed by atoms with Crippen LogP contribution >= 0.6 is 11.3 Å². The molecule has 1 aromatic heterocycles. The number of carbonyl (C=O) groups excluding carboxylic acids is 1. The van der Waals surface area contributed by atoms with Crippen LogP contribution in [0.2, 0.25) is 0 Å². The molecule has 0 radical (unpaired) electrons. The Morgan fingerprint density at radius 1 is 1.59 bits per heavy atom. The van der Waals surface area contributed by atoms with Crippen molar-refractivity contribution in [1.82, 2.24) is 15.2 Å². The molecular formula is C16H25N3O2S. The number of ether oxygens (including phenoxy) is 1. The first kappa shape index (κ1) is 15.7. The summed E-state index contributed by atoms with van der Waals surface area (Å²) in [7, 11) is 1.83. The third-order valence-corrected chi connectivity index (χ3v) is 6.07. The number of nitrogens with one attached hydrogen (secondary N) is 1. The van der Waals surface area contributed by atoms with Gasteiger partial charge >= 0.3 is 6.03 Å². The number of hydrogen-bond donors (Lipinski definition) is 1. The smallest absolute Gasteiger partial charge is 0.317 e. The minimum Gasteiger partial charge on any atom is -0.378 e. The zero-order valence-corrected chi connectivity index (χ0v) is 14.4. The van der Waals surface area contributed by atoms with Crippen molar-refractivity contribution in [3.8, 4) is 0 Å². The predicted molar refractivity (Wildman–Crippen MR) is 87.0 cm³/mol. The summed E-state index contributed by atoms with van der Waals surface area (Å²) in [6.07, 6.45) is 4.90. The van der Waals surface area contributed by atoms with Crippen molar-refractivity contribution in [3.05, 3.63) is 16.1 Å². The number of rotatable bonds is 5. The topological polar surface area (TPSA) is 54.5 Å². The maximum atomic E-state index is 12.4. The molecular weight excluding hydrogens is 298 g/mol. The Bertz CT molecular complexity index is 541. The van der Waals surface area contributed by atoms with Gasteiger partial charge in [-0.05, 0) is 33.1 Å². The molecule has 5 nitrogen and oxygen atoms in total. The fraction of sp³-hybridized carbons (Fsp3) is 0.750. The van der Waals surface area contributed by atoms with Crippen molar-refractivity contribution >= 4 is 17.4 Å². The summed E-state index contributed by atoms with van der Waals surface area (Å²) in [5, 5.41) is 6.21. The lowest BCUT2D eigenvalue weighted by Crippen LogP contribution is -2.68. The van der Waals surface area contributed by atoms with Crippen molar-refractivity contribution in [3.63, 3.8) is 0 Å². The van der Waals surface area contributed by atoms with E-state index in [9.17, 15) is 4.79 Å². The summed E-state index contributed by atoms with van der Waals surface area (Å²) in [6, 6.07) is 0.268. The van der Waals surface area contributed by atoms with E-state index < -0.39 is 0 Å². The van der Waals surface area contributed by atoms with Gasteiger partial charge < -0.3 is 15.0 Å². The van der Waals surface area contributed by atoms with Crippen molar-refractivity contribution < 1.29 is 9.53 Å². The monoisotopic (exact) mass is 323 g/mol. The molecule has 1 N–H and O–H groups in total. The highest BCUT2D eigenvalue weighted by Crippen LogP contribution is 2.57. The standard InChI is InChI=1S/C16H25N3O2S/c1-4-21-13-8-12(16(13)6-5-7-16)18-15(20)19(3)9-14-17-11(2)10-22-14/h10,12-13H,4-9H2,1-3H3,(H,18,20). The zero-order chi connectivity index (χ0) is 15.7. The first-order valence-electron chi connectivity index (χ1n) is 8.09. The van der Waals surface area contributed by atoms with Crippen LogP contribution in [0.1, 0.15) is 43.3 Å². The molecule has 2 aliphatic carbocycles. The van der Waals surface area contributed by atoms with Crippen molar-refractivity contribution in [2.45, 2.75) is 58.2 Å². The summed E-state index contributed by atoms with van der Waals surface area (Å²) in [5.74, 6) is 0. The van der Waals surface area contributed by atoms with Gasteiger partial charge in [-0.25, -0.2) is 9.78 Å². The third-order valence-electron chi connectivity index (χ3n) is 5.12. The summed E-state index contributed by atoms with van der Waals surface area (Å²) in [4.78, 5) is 18.5. The summed E-state index contributed by atoms with van der Waals surface area (Å²) >= 11 is 1.60. The van der Waals surface area contributed by atoms with E-state index in [4.69, 9.17) is 4.74 Å². The van der Waals surface area contributed by atoms with Crippen LogP contribution in [0.25, 0.3) is 0 Å². The molecule has 122 valence electrons. The zero-order valence-electron chi connectivity index (χ0n) is 13.6. The van der Waals surface area contributed by atoms with Gasteiger partial charge in [0.05, 0.1) is 12.6 Å². The number of nitrogens with zero attached hydrogens (tertiary/aromatic N) is 2. The van der Waals surface area contributed by atoms with Crippen LogP contribution in [0.15, 0.2) is 5.38 Å². The van der Waals surface area contributed by atoms with Gasteiger partial charge in [0, 0.05) is 36.2 Å². The number of aryl methyl sites for hydroxylation is 1. The number of hydrogen-bond acceptors (Lipinski definition) is 4. The molecule has 0 saturated heterocycles. The normalized spacial score (nSPS) is 25.4. The number of thiazole rings is 1. The second-order valence-electron chi connectivity index (χ2n) is 6.51. The Labute approximate surface area is 136 Å². The summed E-state index contributed by atoms with van der Waals surface area (Å²) < 4.78 is 5.83. The van der Waals surface area contributed by atoms with E-state index in [1.165, 1.54) is 19.3 Å². The second kappa shape index (κ2) is 6.16. The molecule has 0 aromatic carbocycles. The van der Waals surface area contributed by atoms with Crippen LogP contribution in [0.3, 0.4) is 0 Å². The van der Waals surface area contributed by atoms with Gasteiger partial charge in [0.2, 0.25) is 0 Å². The van der Waals surface area contributed by atoms with Gasteiger partial charge in [-0.1, -0.05) is 6.42 Å². The lowest BCUT2D eigenvalue weighted by Gasteiger charge is -2.61. The number of carbonyl (C=O) groups is 1. The predicted octanol–water partition coefficient (Wildman–Crippen LogP) is 2.94. The average Bonchev–Trinajstić information content (AvgIpc) is 2.80. The van der Waals surface area contributed by atoms with Crippen LogP contribution in [0, 0.1) is 12.3 Å². The van der Waals surface area contributed by atoms with Crippen molar-refractivity contribution in [2.75, 3.05) is 13.7 Å². The molecule has 3 rings (SSSR count). The molecule has 2 amide bonds. The van der Waals surface area contributed by atoms with Crippen LogP contribution in [0.5, 0.6) is 0 Å². The van der Waals surface area contributed by atoms with E-state index in [2.05, 4.69) is 10.3 Å². The lowest BCUT2D eigenvalue weighted by molar-refractivity contribution is -0.169. The maximum absolute atomic E-state index is 12.4. The molecule has 22 heavy (non-hydrogen) atoms. The summed E-state index contributed by atoms with van der Waals surface area (Å²) in [6.45, 7) is 5.35. The first-order chi connectivity index (χ1) is 10.5. The largest absolute Gasteiger partial charge is 0.378 e.